The van der Waals surface area contributed by atoms with Gasteiger partial charge >= 0.3 is 5.97 Å². The summed E-state index contributed by atoms with van der Waals surface area (Å²) in [6.07, 6.45) is 4.93. The van der Waals surface area contributed by atoms with Gasteiger partial charge in [0.25, 0.3) is 10.0 Å². The van der Waals surface area contributed by atoms with Gasteiger partial charge in [0.15, 0.2) is 5.84 Å². The van der Waals surface area contributed by atoms with Crippen molar-refractivity contribution >= 4 is 33.6 Å². The molecule has 110 valence electrons. The highest BCUT2D eigenvalue weighted by Gasteiger charge is 2.30. The van der Waals surface area contributed by atoms with E-state index in [1.54, 1.807) is 28.9 Å². The van der Waals surface area contributed by atoms with E-state index in [-0.39, 0.29) is 17.2 Å². The Morgan fingerprint density at radius 1 is 1.55 bits per heavy atom. The molecule has 2 aliphatic heterocycles. The largest absolute Gasteiger partial charge is 0.461 e. The number of allylic oxidation sites excluding steroid dienone is 2. The first kappa shape index (κ1) is 15.1. The molecule has 2 heterocycles. The minimum atomic E-state index is -3.49. The first-order chi connectivity index (χ1) is 9.53. The molecule has 0 aromatic rings. The van der Waals surface area contributed by atoms with Gasteiger partial charge in [0.1, 0.15) is 12.2 Å². The number of esters is 1. The Balaban J connectivity index is 2.10. The quantitative estimate of drug-likeness (QED) is 0.551. The number of fused-ring (bicyclic) bond motifs is 1. The molecule has 0 atom stereocenters. The summed E-state index contributed by atoms with van der Waals surface area (Å²) in [5, 5.41) is 0. The molecule has 0 N–H and O–H groups in total. The standard InChI is InChI=1S/C12H16N2O4S2/c1-2-19-8-7-18-12(15)10-4-3-5-14-6-9-20(16,17)13-11(10)14/h3-5H,2,6-9H2,1H3. The van der Waals surface area contributed by atoms with E-state index < -0.39 is 16.0 Å². The predicted molar refractivity (Wildman–Crippen MR) is 79.1 cm³/mol. The van der Waals surface area contributed by atoms with Gasteiger partial charge in [-0.25, -0.2) is 13.2 Å². The number of ether oxygens (including phenoxy) is 1. The van der Waals surface area contributed by atoms with E-state index in [0.29, 0.717) is 13.2 Å². The lowest BCUT2D eigenvalue weighted by Crippen LogP contribution is -2.40. The number of rotatable bonds is 5. The summed E-state index contributed by atoms with van der Waals surface area (Å²) in [5.41, 5.74) is 0.192. The minimum Gasteiger partial charge on any atom is -0.461 e. The number of hydrogen-bond donors (Lipinski definition) is 0. The Morgan fingerprint density at radius 3 is 3.10 bits per heavy atom. The fourth-order valence-corrected chi connectivity index (χ4v) is 3.27. The van der Waals surface area contributed by atoms with Gasteiger partial charge in [-0.15, -0.1) is 4.40 Å². The molecule has 0 unspecified atom stereocenters. The molecule has 20 heavy (non-hydrogen) atoms. The van der Waals surface area contributed by atoms with Crippen LogP contribution in [0.25, 0.3) is 0 Å². The molecule has 0 saturated heterocycles. The molecule has 2 aliphatic rings. The Morgan fingerprint density at radius 2 is 2.35 bits per heavy atom. The average Bonchev–Trinajstić information content (AvgIpc) is 2.42. The minimum absolute atomic E-state index is 0.0453. The lowest BCUT2D eigenvalue weighted by atomic mass is 10.1. The van der Waals surface area contributed by atoms with Crippen molar-refractivity contribution < 1.29 is 17.9 Å². The predicted octanol–water partition coefficient (Wildman–Crippen LogP) is 0.780. The maximum absolute atomic E-state index is 12.0. The summed E-state index contributed by atoms with van der Waals surface area (Å²) in [6.45, 7) is 2.63. The number of sulfonamides is 1. The molecule has 0 spiro atoms. The zero-order chi connectivity index (χ0) is 14.6. The monoisotopic (exact) mass is 316 g/mol. The van der Waals surface area contributed by atoms with Gasteiger partial charge in [-0.3, -0.25) is 0 Å². The summed E-state index contributed by atoms with van der Waals surface area (Å²) < 4.78 is 31.9. The van der Waals surface area contributed by atoms with Crippen molar-refractivity contribution in [3.05, 3.63) is 23.9 Å². The molecule has 2 rings (SSSR count). The van der Waals surface area contributed by atoms with Crippen LogP contribution in [0.3, 0.4) is 0 Å². The summed E-state index contributed by atoms with van der Waals surface area (Å²) in [4.78, 5) is 13.6. The molecule has 6 nitrogen and oxygen atoms in total. The Labute approximate surface area is 122 Å². The number of nitrogens with zero attached hydrogens (tertiary/aromatic N) is 2. The van der Waals surface area contributed by atoms with Crippen molar-refractivity contribution in [1.29, 1.82) is 0 Å². The van der Waals surface area contributed by atoms with E-state index in [2.05, 4.69) is 4.40 Å². The molecule has 0 amide bonds. The Bertz CT molecular complexity index is 578. The molecular formula is C12H16N2O4S2. The second-order valence-corrected chi connectivity index (χ2v) is 7.30. The summed E-state index contributed by atoms with van der Waals surface area (Å²) >= 11 is 1.67. The summed E-state index contributed by atoms with van der Waals surface area (Å²) in [6, 6.07) is 0. The van der Waals surface area contributed by atoms with Crippen molar-refractivity contribution in [2.24, 2.45) is 4.40 Å². The van der Waals surface area contributed by atoms with Crippen LogP contribution in [0, 0.1) is 0 Å². The van der Waals surface area contributed by atoms with E-state index >= 15 is 0 Å². The van der Waals surface area contributed by atoms with Crippen LogP contribution in [0.5, 0.6) is 0 Å². The third kappa shape index (κ3) is 3.63. The summed E-state index contributed by atoms with van der Waals surface area (Å²) in [5.74, 6) is 1.26. The molecule has 0 aromatic carbocycles. The zero-order valence-corrected chi connectivity index (χ0v) is 12.7. The van der Waals surface area contributed by atoms with Crippen molar-refractivity contribution in [3.8, 4) is 0 Å². The molecular weight excluding hydrogens is 300 g/mol. The highest BCUT2D eigenvalue weighted by atomic mass is 32.2. The van der Waals surface area contributed by atoms with E-state index in [4.69, 9.17) is 4.74 Å². The van der Waals surface area contributed by atoms with Crippen LogP contribution in [0.1, 0.15) is 6.92 Å². The van der Waals surface area contributed by atoms with Crippen molar-refractivity contribution in [2.75, 3.05) is 30.4 Å². The topological polar surface area (TPSA) is 76.0 Å². The van der Waals surface area contributed by atoms with Crippen LogP contribution in [0.4, 0.5) is 0 Å². The third-order valence-corrected chi connectivity index (χ3v) is 4.76. The van der Waals surface area contributed by atoms with Crippen LogP contribution < -0.4 is 0 Å². The second-order valence-electron chi connectivity index (χ2n) is 4.15. The maximum Gasteiger partial charge on any atom is 0.341 e. The highest BCUT2D eigenvalue weighted by Crippen LogP contribution is 2.18. The fraction of sp³-hybridized carbons (Fsp3) is 0.500. The lowest BCUT2D eigenvalue weighted by Gasteiger charge is -2.28. The van der Waals surface area contributed by atoms with Gasteiger partial charge in [0, 0.05) is 18.5 Å². The van der Waals surface area contributed by atoms with E-state index in [9.17, 15) is 13.2 Å². The van der Waals surface area contributed by atoms with E-state index in [0.717, 1.165) is 11.5 Å². The van der Waals surface area contributed by atoms with Crippen LogP contribution in [-0.4, -0.2) is 55.5 Å². The molecule has 0 radical (unpaired) electrons. The molecule has 0 bridgehead atoms. The van der Waals surface area contributed by atoms with Gasteiger partial charge in [-0.2, -0.15) is 11.8 Å². The first-order valence-corrected chi connectivity index (χ1v) is 9.03. The van der Waals surface area contributed by atoms with Gasteiger partial charge in [0.2, 0.25) is 0 Å². The summed E-state index contributed by atoms with van der Waals surface area (Å²) in [7, 11) is -3.49. The fourth-order valence-electron chi connectivity index (χ4n) is 1.79. The number of hydrogen-bond acceptors (Lipinski definition) is 6. The van der Waals surface area contributed by atoms with Crippen LogP contribution in [0.2, 0.25) is 0 Å². The normalized spacial score (nSPS) is 19.9. The van der Waals surface area contributed by atoms with Crippen LogP contribution >= 0.6 is 11.8 Å². The van der Waals surface area contributed by atoms with Gasteiger partial charge in [-0.05, 0) is 17.9 Å². The molecule has 0 aliphatic carbocycles. The Kier molecular flexibility index (Phi) is 4.87. The maximum atomic E-state index is 12.0. The molecule has 0 aromatic heterocycles. The van der Waals surface area contributed by atoms with Gasteiger partial charge in [0.05, 0.1) is 5.75 Å². The average molecular weight is 316 g/mol. The van der Waals surface area contributed by atoms with Crippen LogP contribution in [-0.2, 0) is 19.6 Å². The van der Waals surface area contributed by atoms with Crippen molar-refractivity contribution in [1.82, 2.24) is 4.90 Å². The number of amidine groups is 1. The van der Waals surface area contributed by atoms with Gasteiger partial charge in [-0.1, -0.05) is 6.92 Å². The van der Waals surface area contributed by atoms with Gasteiger partial charge < -0.3 is 9.64 Å². The SMILES string of the molecule is CCSCCOC(=O)C1=CC=CN2CCS(=O)(=O)N=C12. The molecule has 0 saturated carbocycles. The number of carbonyl (C=O) groups is 1. The van der Waals surface area contributed by atoms with E-state index in [1.807, 2.05) is 6.92 Å². The van der Waals surface area contributed by atoms with Crippen LogP contribution in [0.15, 0.2) is 28.3 Å². The lowest BCUT2D eigenvalue weighted by molar-refractivity contribution is -0.137. The zero-order valence-electron chi connectivity index (χ0n) is 11.1. The van der Waals surface area contributed by atoms with E-state index in [1.165, 1.54) is 6.08 Å². The molecule has 8 heteroatoms. The third-order valence-electron chi connectivity index (χ3n) is 2.74. The molecule has 0 fully saturated rings. The van der Waals surface area contributed by atoms with Crippen molar-refractivity contribution in [3.63, 3.8) is 0 Å². The Hall–Kier alpha value is -1.28. The number of carbonyl (C=O) groups excluding carboxylic acids is 1. The second kappa shape index (κ2) is 6.45. The smallest absolute Gasteiger partial charge is 0.341 e. The van der Waals surface area contributed by atoms with Crippen molar-refractivity contribution in [2.45, 2.75) is 6.92 Å². The number of thioether (sulfide) groups is 1. The first-order valence-electron chi connectivity index (χ1n) is 6.26. The highest BCUT2D eigenvalue weighted by molar-refractivity contribution is 7.99.